The number of nitrogens with one attached hydrogen (secondary N) is 1. The molecule has 1 N–H and O–H groups in total. The molecule has 2 rings (SSSR count). The second kappa shape index (κ2) is 6.91. The molecule has 3 nitrogen and oxygen atoms in total. The van der Waals surface area contributed by atoms with Crippen molar-refractivity contribution in [3.8, 4) is 0 Å². The van der Waals surface area contributed by atoms with Gasteiger partial charge in [0, 0.05) is 30.8 Å². The van der Waals surface area contributed by atoms with Crippen molar-refractivity contribution >= 4 is 0 Å². The number of hydrogen-bond acceptors (Lipinski definition) is 3. The Kier molecular flexibility index (Phi) is 5.42. The normalized spacial score (nSPS) is 24.5. The van der Waals surface area contributed by atoms with E-state index in [1.165, 1.54) is 5.56 Å². The van der Waals surface area contributed by atoms with Crippen LogP contribution in [0.2, 0.25) is 0 Å². The van der Waals surface area contributed by atoms with Crippen molar-refractivity contribution in [1.29, 1.82) is 0 Å². The van der Waals surface area contributed by atoms with E-state index in [4.69, 9.17) is 4.74 Å². The van der Waals surface area contributed by atoms with E-state index in [1.54, 1.807) is 0 Å². The van der Waals surface area contributed by atoms with Crippen LogP contribution >= 0.6 is 0 Å². The van der Waals surface area contributed by atoms with Crippen LogP contribution in [0.5, 0.6) is 0 Å². The molecule has 1 aliphatic heterocycles. The molecule has 21 heavy (non-hydrogen) atoms. The van der Waals surface area contributed by atoms with Crippen molar-refractivity contribution in [2.75, 3.05) is 20.2 Å². The Balaban J connectivity index is 2.15. The van der Waals surface area contributed by atoms with Gasteiger partial charge in [-0.2, -0.15) is 0 Å². The highest BCUT2D eigenvalue weighted by atomic mass is 16.5. The zero-order valence-electron chi connectivity index (χ0n) is 14.1. The first-order valence-electron chi connectivity index (χ1n) is 8.02. The average Bonchev–Trinajstić information content (AvgIpc) is 2.85. The molecule has 0 aliphatic carbocycles. The molecule has 1 aromatic carbocycles. The van der Waals surface area contributed by atoms with Crippen LogP contribution in [0.4, 0.5) is 0 Å². The maximum Gasteiger partial charge on any atom is 0.0703 e. The summed E-state index contributed by atoms with van der Waals surface area (Å²) in [5.74, 6) is 0. The van der Waals surface area contributed by atoms with E-state index in [0.717, 1.165) is 19.6 Å². The highest BCUT2D eigenvalue weighted by molar-refractivity contribution is 5.20. The third-order valence-corrected chi connectivity index (χ3v) is 4.36. The van der Waals surface area contributed by atoms with E-state index in [9.17, 15) is 0 Å². The number of nitrogens with zero attached hydrogens (tertiary/aromatic N) is 1. The van der Waals surface area contributed by atoms with Gasteiger partial charge in [-0.25, -0.2) is 0 Å². The topological polar surface area (TPSA) is 24.5 Å². The number of ether oxygens (including phenoxy) is 1. The van der Waals surface area contributed by atoms with E-state index < -0.39 is 0 Å². The third kappa shape index (κ3) is 4.53. The van der Waals surface area contributed by atoms with E-state index in [-0.39, 0.29) is 5.54 Å². The molecule has 3 heteroatoms. The largest absolute Gasteiger partial charge is 0.377 e. The molecule has 1 saturated heterocycles. The fourth-order valence-corrected chi connectivity index (χ4v) is 3.06. The van der Waals surface area contributed by atoms with Crippen molar-refractivity contribution in [3.05, 3.63) is 35.9 Å². The second-order valence-electron chi connectivity index (χ2n) is 7.15. The van der Waals surface area contributed by atoms with E-state index >= 15 is 0 Å². The number of benzene rings is 1. The fraction of sp³-hybridized carbons (Fsp3) is 0.667. The van der Waals surface area contributed by atoms with Gasteiger partial charge in [0.05, 0.1) is 6.10 Å². The first kappa shape index (κ1) is 16.5. The Morgan fingerprint density at radius 2 is 1.95 bits per heavy atom. The van der Waals surface area contributed by atoms with Gasteiger partial charge in [-0.1, -0.05) is 30.3 Å². The van der Waals surface area contributed by atoms with E-state index in [2.05, 4.69) is 75.3 Å². The van der Waals surface area contributed by atoms with Gasteiger partial charge in [-0.3, -0.25) is 4.90 Å². The van der Waals surface area contributed by atoms with Crippen LogP contribution < -0.4 is 5.32 Å². The second-order valence-corrected chi connectivity index (χ2v) is 7.15. The summed E-state index contributed by atoms with van der Waals surface area (Å²) >= 11 is 0. The SMILES string of the molecule is CC1OCCC1N(C)C(CNC(C)(C)C)c1ccccc1. The van der Waals surface area contributed by atoms with Gasteiger partial charge in [0.25, 0.3) is 0 Å². The van der Waals surface area contributed by atoms with Crippen molar-refractivity contribution in [2.45, 2.75) is 57.8 Å². The monoisotopic (exact) mass is 290 g/mol. The van der Waals surface area contributed by atoms with Gasteiger partial charge in [-0.05, 0) is 46.7 Å². The Morgan fingerprint density at radius 3 is 2.48 bits per heavy atom. The van der Waals surface area contributed by atoms with Crippen molar-refractivity contribution in [1.82, 2.24) is 10.2 Å². The standard InChI is InChI=1S/C18H30N2O/c1-14-16(11-12-21-14)20(5)17(13-19-18(2,3)4)15-9-7-6-8-10-15/h6-10,14,16-17,19H,11-13H2,1-5H3. The lowest BCUT2D eigenvalue weighted by Crippen LogP contribution is -2.46. The smallest absolute Gasteiger partial charge is 0.0703 e. The quantitative estimate of drug-likeness (QED) is 0.901. The van der Waals surface area contributed by atoms with Crippen molar-refractivity contribution in [2.24, 2.45) is 0 Å². The van der Waals surface area contributed by atoms with Crippen LogP contribution in [-0.2, 0) is 4.74 Å². The summed E-state index contributed by atoms with van der Waals surface area (Å²) in [6.45, 7) is 10.7. The molecule has 0 aromatic heterocycles. The number of hydrogen-bond donors (Lipinski definition) is 1. The molecule has 0 bridgehead atoms. The fourth-order valence-electron chi connectivity index (χ4n) is 3.06. The molecule has 1 aliphatic rings. The summed E-state index contributed by atoms with van der Waals surface area (Å²) in [4.78, 5) is 2.49. The molecule has 0 amide bonds. The van der Waals surface area contributed by atoms with Crippen LogP contribution in [0.25, 0.3) is 0 Å². The third-order valence-electron chi connectivity index (χ3n) is 4.36. The molecule has 1 heterocycles. The van der Waals surface area contributed by atoms with Gasteiger partial charge in [0.1, 0.15) is 0 Å². The van der Waals surface area contributed by atoms with Gasteiger partial charge in [0.15, 0.2) is 0 Å². The van der Waals surface area contributed by atoms with Gasteiger partial charge >= 0.3 is 0 Å². The predicted molar refractivity (Wildman–Crippen MR) is 88.5 cm³/mol. The van der Waals surface area contributed by atoms with E-state index in [0.29, 0.717) is 18.2 Å². The van der Waals surface area contributed by atoms with Crippen LogP contribution in [-0.4, -0.2) is 42.8 Å². The molecule has 0 radical (unpaired) electrons. The lowest BCUT2D eigenvalue weighted by molar-refractivity contribution is 0.0656. The molecule has 3 atom stereocenters. The van der Waals surface area contributed by atoms with Gasteiger partial charge in [0.2, 0.25) is 0 Å². The predicted octanol–water partition coefficient (Wildman–Crippen LogP) is 3.23. The molecule has 118 valence electrons. The molecular formula is C18H30N2O. The number of likely N-dealkylation sites (N-methyl/N-ethyl adjacent to an activating group) is 1. The van der Waals surface area contributed by atoms with E-state index in [1.807, 2.05) is 0 Å². The summed E-state index contributed by atoms with van der Waals surface area (Å²) in [7, 11) is 2.23. The Labute approximate surface area is 129 Å². The molecule has 0 spiro atoms. The van der Waals surface area contributed by atoms with Crippen molar-refractivity contribution in [3.63, 3.8) is 0 Å². The summed E-state index contributed by atoms with van der Waals surface area (Å²) < 4.78 is 5.76. The average molecular weight is 290 g/mol. The van der Waals surface area contributed by atoms with Crippen LogP contribution in [0.1, 0.15) is 45.7 Å². The molecule has 0 saturated carbocycles. The molecule has 3 unspecified atom stereocenters. The zero-order valence-corrected chi connectivity index (χ0v) is 14.1. The first-order chi connectivity index (χ1) is 9.88. The lowest BCUT2D eigenvalue weighted by atomic mass is 10.00. The maximum absolute atomic E-state index is 5.76. The van der Waals surface area contributed by atoms with Crippen LogP contribution in [0, 0.1) is 0 Å². The molecular weight excluding hydrogens is 260 g/mol. The van der Waals surface area contributed by atoms with Gasteiger partial charge in [-0.15, -0.1) is 0 Å². The summed E-state index contributed by atoms with van der Waals surface area (Å²) in [6, 6.07) is 11.7. The van der Waals surface area contributed by atoms with Crippen LogP contribution in [0.3, 0.4) is 0 Å². The highest BCUT2D eigenvalue weighted by Gasteiger charge is 2.32. The Hall–Kier alpha value is -0.900. The minimum absolute atomic E-state index is 0.131. The Morgan fingerprint density at radius 1 is 1.29 bits per heavy atom. The lowest BCUT2D eigenvalue weighted by Gasteiger charge is -2.36. The van der Waals surface area contributed by atoms with Crippen LogP contribution in [0.15, 0.2) is 30.3 Å². The minimum Gasteiger partial charge on any atom is -0.377 e. The first-order valence-corrected chi connectivity index (χ1v) is 8.02. The maximum atomic E-state index is 5.76. The summed E-state index contributed by atoms with van der Waals surface area (Å²) in [5, 5.41) is 3.66. The molecule has 1 fully saturated rings. The summed E-state index contributed by atoms with van der Waals surface area (Å²) in [5.41, 5.74) is 1.50. The Bertz CT molecular complexity index is 427. The molecule has 1 aromatic rings. The minimum atomic E-state index is 0.131. The highest BCUT2D eigenvalue weighted by Crippen LogP contribution is 2.27. The number of rotatable bonds is 5. The zero-order chi connectivity index (χ0) is 15.5. The van der Waals surface area contributed by atoms with Crippen molar-refractivity contribution < 1.29 is 4.74 Å². The van der Waals surface area contributed by atoms with Gasteiger partial charge < -0.3 is 10.1 Å². The summed E-state index contributed by atoms with van der Waals surface area (Å²) in [6.07, 6.45) is 1.44.